The molecule has 0 atom stereocenters. The van der Waals surface area contributed by atoms with Gasteiger partial charge in [-0.2, -0.15) is 0 Å². The number of aryl methyl sites for hydroxylation is 1. The second kappa shape index (κ2) is 6.51. The summed E-state index contributed by atoms with van der Waals surface area (Å²) in [7, 11) is -3.62. The summed E-state index contributed by atoms with van der Waals surface area (Å²) in [6.07, 6.45) is 1.48. The molecule has 21 heavy (non-hydrogen) atoms. The molecule has 0 saturated carbocycles. The molecule has 3 N–H and O–H groups in total. The van der Waals surface area contributed by atoms with Gasteiger partial charge in [-0.3, -0.25) is 4.72 Å². The largest absolute Gasteiger partial charge is 0.363 e. The lowest BCUT2D eigenvalue weighted by Gasteiger charge is -2.09. The van der Waals surface area contributed by atoms with Crippen molar-refractivity contribution >= 4 is 27.3 Å². The Hall–Kier alpha value is -1.50. The van der Waals surface area contributed by atoms with Crippen LogP contribution in [0.3, 0.4) is 0 Å². The van der Waals surface area contributed by atoms with Crippen molar-refractivity contribution in [3.8, 4) is 0 Å². The fourth-order valence-electron chi connectivity index (χ4n) is 1.84. The van der Waals surface area contributed by atoms with Gasteiger partial charge in [-0.15, -0.1) is 0 Å². The van der Waals surface area contributed by atoms with E-state index in [0.29, 0.717) is 17.3 Å². The van der Waals surface area contributed by atoms with Gasteiger partial charge in [0.2, 0.25) is 0 Å². The van der Waals surface area contributed by atoms with Gasteiger partial charge in [0.05, 0.1) is 5.69 Å². The van der Waals surface area contributed by atoms with E-state index in [1.54, 1.807) is 24.3 Å². The first kappa shape index (κ1) is 15.9. The zero-order valence-electron chi connectivity index (χ0n) is 11.9. The highest BCUT2D eigenvalue weighted by molar-refractivity contribution is 7.92. The van der Waals surface area contributed by atoms with Crippen molar-refractivity contribution in [2.75, 3.05) is 11.3 Å². The average molecular weight is 328 g/mol. The van der Waals surface area contributed by atoms with Crippen molar-refractivity contribution < 1.29 is 8.42 Å². The summed E-state index contributed by atoms with van der Waals surface area (Å²) in [5.41, 5.74) is 2.11. The minimum atomic E-state index is -3.62. The van der Waals surface area contributed by atoms with Crippen molar-refractivity contribution in [2.45, 2.75) is 25.3 Å². The molecule has 2 rings (SSSR count). The molecule has 0 spiro atoms. The molecular weight excluding hydrogens is 310 g/mol. The highest BCUT2D eigenvalue weighted by Gasteiger charge is 2.17. The molecule has 114 valence electrons. The van der Waals surface area contributed by atoms with Crippen LogP contribution in [0.4, 0.5) is 5.69 Å². The van der Waals surface area contributed by atoms with E-state index in [1.165, 1.54) is 6.20 Å². The molecule has 1 aromatic carbocycles. The van der Waals surface area contributed by atoms with E-state index in [0.717, 1.165) is 17.8 Å². The van der Waals surface area contributed by atoms with Crippen LogP contribution >= 0.6 is 11.6 Å². The highest BCUT2D eigenvalue weighted by Crippen LogP contribution is 2.23. The Kier molecular flexibility index (Phi) is 4.92. The van der Waals surface area contributed by atoms with Crippen LogP contribution in [-0.2, 0) is 16.6 Å². The predicted octanol–water partition coefficient (Wildman–Crippen LogP) is 2.89. The number of aromatic nitrogens is 1. The summed E-state index contributed by atoms with van der Waals surface area (Å²) in [5.74, 6) is 0. The number of rotatable bonds is 6. The number of aromatic amines is 1. The van der Waals surface area contributed by atoms with Gasteiger partial charge in [0, 0.05) is 23.5 Å². The Bertz CT molecular complexity index is 726. The normalized spacial score (nSPS) is 11.6. The molecule has 0 aliphatic heterocycles. The van der Waals surface area contributed by atoms with Gasteiger partial charge in [-0.05, 0) is 37.2 Å². The Morgan fingerprint density at radius 1 is 1.29 bits per heavy atom. The Labute approximate surface area is 129 Å². The predicted molar refractivity (Wildman–Crippen MR) is 85.2 cm³/mol. The van der Waals surface area contributed by atoms with Crippen LogP contribution in [0.25, 0.3) is 0 Å². The van der Waals surface area contributed by atoms with E-state index in [2.05, 4.69) is 15.0 Å². The van der Waals surface area contributed by atoms with Crippen molar-refractivity contribution in [1.82, 2.24) is 10.3 Å². The van der Waals surface area contributed by atoms with E-state index in [4.69, 9.17) is 11.6 Å². The number of H-pyrrole nitrogens is 1. The lowest BCUT2D eigenvalue weighted by Crippen LogP contribution is -2.13. The summed E-state index contributed by atoms with van der Waals surface area (Å²) in [6, 6.07) is 6.71. The number of benzene rings is 1. The fourth-order valence-corrected chi connectivity index (χ4v) is 3.15. The molecular formula is C14H18ClN3O2S. The standard InChI is InChI=1S/C14H18ClN3O2S/c1-3-16-8-12-7-13(9-17-12)21(19,20)18-14-6-11(15)5-4-10(14)2/h4-7,9,16-18H,3,8H2,1-2H3. The minimum absolute atomic E-state index is 0.203. The molecule has 0 saturated heterocycles. The third-order valence-electron chi connectivity index (χ3n) is 3.04. The van der Waals surface area contributed by atoms with Gasteiger partial charge in [-0.1, -0.05) is 24.6 Å². The van der Waals surface area contributed by atoms with Gasteiger partial charge in [0.25, 0.3) is 10.0 Å². The van der Waals surface area contributed by atoms with E-state index in [1.807, 2.05) is 13.8 Å². The van der Waals surface area contributed by atoms with Crippen LogP contribution in [0, 0.1) is 6.92 Å². The minimum Gasteiger partial charge on any atom is -0.363 e. The van der Waals surface area contributed by atoms with Gasteiger partial charge >= 0.3 is 0 Å². The molecule has 0 unspecified atom stereocenters. The van der Waals surface area contributed by atoms with Crippen molar-refractivity contribution in [1.29, 1.82) is 0 Å². The number of hydrogen-bond donors (Lipinski definition) is 3. The second-order valence-corrected chi connectivity index (χ2v) is 6.82. The van der Waals surface area contributed by atoms with Gasteiger partial charge in [0.15, 0.2) is 0 Å². The second-order valence-electron chi connectivity index (χ2n) is 4.71. The smallest absolute Gasteiger partial charge is 0.263 e. The quantitative estimate of drug-likeness (QED) is 0.763. The summed E-state index contributed by atoms with van der Waals surface area (Å²) in [5, 5.41) is 3.62. The van der Waals surface area contributed by atoms with Gasteiger partial charge < -0.3 is 10.3 Å². The number of hydrogen-bond acceptors (Lipinski definition) is 3. The van der Waals surface area contributed by atoms with Crippen LogP contribution < -0.4 is 10.0 Å². The van der Waals surface area contributed by atoms with Crippen molar-refractivity contribution in [3.05, 3.63) is 46.7 Å². The van der Waals surface area contributed by atoms with E-state index in [9.17, 15) is 8.42 Å². The molecule has 0 fully saturated rings. The topological polar surface area (TPSA) is 74.0 Å². The number of sulfonamides is 1. The maximum Gasteiger partial charge on any atom is 0.263 e. The molecule has 1 aromatic heterocycles. The van der Waals surface area contributed by atoms with Crippen molar-refractivity contribution in [2.24, 2.45) is 0 Å². The molecule has 5 nitrogen and oxygen atoms in total. The molecule has 0 bridgehead atoms. The zero-order chi connectivity index (χ0) is 15.5. The monoisotopic (exact) mass is 327 g/mol. The lowest BCUT2D eigenvalue weighted by molar-refractivity contribution is 0.601. The maximum absolute atomic E-state index is 12.4. The molecule has 2 aromatic rings. The number of nitrogens with one attached hydrogen (secondary N) is 3. The molecule has 7 heteroatoms. The maximum atomic E-state index is 12.4. The molecule has 1 heterocycles. The first-order valence-corrected chi connectivity index (χ1v) is 8.45. The third kappa shape index (κ3) is 4.00. The Morgan fingerprint density at radius 3 is 2.76 bits per heavy atom. The van der Waals surface area contributed by atoms with Crippen LogP contribution in [0.2, 0.25) is 5.02 Å². The third-order valence-corrected chi connectivity index (χ3v) is 4.62. The van der Waals surface area contributed by atoms with Crippen LogP contribution in [-0.4, -0.2) is 19.9 Å². The lowest BCUT2D eigenvalue weighted by atomic mass is 10.2. The van der Waals surface area contributed by atoms with Gasteiger partial charge in [0.1, 0.15) is 4.90 Å². The van der Waals surface area contributed by atoms with Crippen molar-refractivity contribution in [3.63, 3.8) is 0 Å². The van der Waals surface area contributed by atoms with Crippen LogP contribution in [0.5, 0.6) is 0 Å². The summed E-state index contributed by atoms with van der Waals surface area (Å²) >= 11 is 5.90. The SMILES string of the molecule is CCNCc1cc(S(=O)(=O)Nc2cc(Cl)ccc2C)c[nH]1. The molecule has 0 aliphatic carbocycles. The van der Waals surface area contributed by atoms with E-state index >= 15 is 0 Å². The van der Waals surface area contributed by atoms with Crippen LogP contribution in [0.1, 0.15) is 18.2 Å². The molecule has 0 amide bonds. The molecule has 0 aliphatic rings. The zero-order valence-corrected chi connectivity index (χ0v) is 13.5. The Morgan fingerprint density at radius 2 is 2.05 bits per heavy atom. The summed E-state index contributed by atoms with van der Waals surface area (Å²) in [6.45, 7) is 5.23. The van der Waals surface area contributed by atoms with Gasteiger partial charge in [-0.25, -0.2) is 8.42 Å². The summed E-state index contributed by atoms with van der Waals surface area (Å²) < 4.78 is 27.3. The molecule has 0 radical (unpaired) electrons. The first-order valence-electron chi connectivity index (χ1n) is 6.59. The fraction of sp³-hybridized carbons (Fsp3) is 0.286. The number of halogens is 1. The van der Waals surface area contributed by atoms with Crippen LogP contribution in [0.15, 0.2) is 35.4 Å². The Balaban J connectivity index is 2.22. The number of anilines is 1. The highest BCUT2D eigenvalue weighted by atomic mass is 35.5. The first-order chi connectivity index (χ1) is 9.92. The van der Waals surface area contributed by atoms with E-state index in [-0.39, 0.29) is 4.90 Å². The average Bonchev–Trinajstić information content (AvgIpc) is 2.90. The summed E-state index contributed by atoms with van der Waals surface area (Å²) in [4.78, 5) is 3.15. The van der Waals surface area contributed by atoms with E-state index < -0.39 is 10.0 Å².